The third-order valence-electron chi connectivity index (χ3n) is 2.09. The summed E-state index contributed by atoms with van der Waals surface area (Å²) in [6, 6.07) is 3.43. The topological polar surface area (TPSA) is 20.2 Å². The van der Waals surface area contributed by atoms with Gasteiger partial charge in [-0.1, -0.05) is 19.4 Å². The van der Waals surface area contributed by atoms with Gasteiger partial charge in [0.05, 0.1) is 6.10 Å². The second-order valence-electron chi connectivity index (χ2n) is 3.38. The van der Waals surface area contributed by atoms with Gasteiger partial charge < -0.3 is 5.11 Å². The molecule has 3 heteroatoms. The molecule has 0 radical (unpaired) electrons. The van der Waals surface area contributed by atoms with Crippen molar-refractivity contribution in [2.75, 3.05) is 0 Å². The predicted molar refractivity (Wildman–Crippen MR) is 51.0 cm³/mol. The Morgan fingerprint density at radius 1 is 1.36 bits per heavy atom. The predicted octanol–water partition coefficient (Wildman–Crippen LogP) is 2.67. The van der Waals surface area contributed by atoms with Crippen LogP contribution in [0.1, 0.15) is 25.3 Å². The van der Waals surface area contributed by atoms with Crippen LogP contribution in [0.25, 0.3) is 0 Å². The second kappa shape index (κ2) is 5.05. The van der Waals surface area contributed by atoms with Crippen LogP contribution in [0.5, 0.6) is 0 Å². The van der Waals surface area contributed by atoms with Gasteiger partial charge in [0.1, 0.15) is 11.6 Å². The van der Waals surface area contributed by atoms with Crippen LogP contribution in [-0.4, -0.2) is 11.2 Å². The average Bonchev–Trinajstić information content (AvgIpc) is 2.10. The van der Waals surface area contributed by atoms with E-state index < -0.39 is 17.7 Å². The number of benzene rings is 1. The molecule has 0 heterocycles. The quantitative estimate of drug-likeness (QED) is 0.792. The van der Waals surface area contributed by atoms with E-state index in [1.807, 2.05) is 6.92 Å². The van der Waals surface area contributed by atoms with Gasteiger partial charge in [-0.3, -0.25) is 0 Å². The minimum Gasteiger partial charge on any atom is -0.393 e. The highest BCUT2D eigenvalue weighted by molar-refractivity contribution is 5.19. The zero-order valence-corrected chi connectivity index (χ0v) is 8.13. The molecule has 0 unspecified atom stereocenters. The molecule has 1 N–H and O–H groups in total. The maximum atomic E-state index is 13.1. The largest absolute Gasteiger partial charge is 0.393 e. The minimum atomic E-state index is -0.587. The first-order valence-electron chi connectivity index (χ1n) is 4.75. The lowest BCUT2D eigenvalue weighted by Crippen LogP contribution is -2.11. The summed E-state index contributed by atoms with van der Waals surface area (Å²) in [5, 5.41) is 9.44. The fourth-order valence-corrected chi connectivity index (χ4v) is 1.38. The molecule has 0 aromatic heterocycles. The summed E-state index contributed by atoms with van der Waals surface area (Å²) in [6.07, 6.45) is 1.20. The van der Waals surface area contributed by atoms with Gasteiger partial charge in [0.15, 0.2) is 0 Å². The van der Waals surface area contributed by atoms with Crippen LogP contribution in [0.4, 0.5) is 8.78 Å². The first-order chi connectivity index (χ1) is 6.63. The molecule has 1 aromatic rings. The SMILES string of the molecule is CCC[C@H](O)Cc1ccc(F)cc1F. The molecule has 0 spiro atoms. The molecule has 0 fully saturated rings. The van der Waals surface area contributed by atoms with Gasteiger partial charge >= 0.3 is 0 Å². The van der Waals surface area contributed by atoms with Crippen LogP contribution in [0, 0.1) is 11.6 Å². The van der Waals surface area contributed by atoms with Crippen molar-refractivity contribution in [3.8, 4) is 0 Å². The number of halogens is 2. The van der Waals surface area contributed by atoms with Gasteiger partial charge in [-0.05, 0) is 18.1 Å². The summed E-state index contributed by atoms with van der Waals surface area (Å²) in [5.74, 6) is -1.17. The van der Waals surface area contributed by atoms with Gasteiger partial charge in [0, 0.05) is 12.5 Å². The van der Waals surface area contributed by atoms with Crippen LogP contribution in [0.15, 0.2) is 18.2 Å². The molecule has 0 saturated heterocycles. The van der Waals surface area contributed by atoms with Crippen molar-refractivity contribution in [3.05, 3.63) is 35.4 Å². The number of hydrogen-bond acceptors (Lipinski definition) is 1. The number of rotatable bonds is 4. The Bertz CT molecular complexity index is 299. The van der Waals surface area contributed by atoms with Gasteiger partial charge in [-0.2, -0.15) is 0 Å². The van der Waals surface area contributed by atoms with Crippen LogP contribution < -0.4 is 0 Å². The van der Waals surface area contributed by atoms with Crippen molar-refractivity contribution in [3.63, 3.8) is 0 Å². The zero-order chi connectivity index (χ0) is 10.6. The average molecular weight is 200 g/mol. The van der Waals surface area contributed by atoms with E-state index in [1.165, 1.54) is 12.1 Å². The van der Waals surface area contributed by atoms with Crippen molar-refractivity contribution >= 4 is 0 Å². The molecule has 1 rings (SSSR count). The first kappa shape index (κ1) is 11.1. The van der Waals surface area contributed by atoms with Crippen molar-refractivity contribution in [2.45, 2.75) is 32.3 Å². The van der Waals surface area contributed by atoms with Crippen molar-refractivity contribution < 1.29 is 13.9 Å². The molecule has 0 aliphatic heterocycles. The highest BCUT2D eigenvalue weighted by Crippen LogP contribution is 2.13. The van der Waals surface area contributed by atoms with E-state index in [1.54, 1.807) is 0 Å². The van der Waals surface area contributed by atoms with Gasteiger partial charge in [-0.15, -0.1) is 0 Å². The van der Waals surface area contributed by atoms with Crippen molar-refractivity contribution in [2.24, 2.45) is 0 Å². The van der Waals surface area contributed by atoms with E-state index in [9.17, 15) is 13.9 Å². The third-order valence-corrected chi connectivity index (χ3v) is 2.09. The summed E-state index contributed by atoms with van der Waals surface area (Å²) >= 11 is 0. The Morgan fingerprint density at radius 3 is 2.64 bits per heavy atom. The third kappa shape index (κ3) is 3.07. The van der Waals surface area contributed by atoms with E-state index in [4.69, 9.17) is 0 Å². The van der Waals surface area contributed by atoms with Gasteiger partial charge in [0.25, 0.3) is 0 Å². The lowest BCUT2D eigenvalue weighted by molar-refractivity contribution is 0.162. The molecule has 78 valence electrons. The van der Waals surface area contributed by atoms with Crippen LogP contribution in [0.3, 0.4) is 0 Å². The fourth-order valence-electron chi connectivity index (χ4n) is 1.38. The first-order valence-corrected chi connectivity index (χ1v) is 4.75. The molecule has 1 aromatic carbocycles. The van der Waals surface area contributed by atoms with Gasteiger partial charge in [0.2, 0.25) is 0 Å². The summed E-state index contributed by atoms with van der Waals surface area (Å²) in [7, 11) is 0. The normalized spacial score (nSPS) is 12.9. The van der Waals surface area contributed by atoms with Crippen molar-refractivity contribution in [1.82, 2.24) is 0 Å². The zero-order valence-electron chi connectivity index (χ0n) is 8.13. The minimum absolute atomic E-state index is 0.250. The lowest BCUT2D eigenvalue weighted by atomic mass is 10.0. The molecule has 0 bridgehead atoms. The Hall–Kier alpha value is -0.960. The Kier molecular flexibility index (Phi) is 4.01. The summed E-state index contributed by atoms with van der Waals surface area (Å²) in [4.78, 5) is 0. The summed E-state index contributed by atoms with van der Waals surface area (Å²) in [6.45, 7) is 1.95. The summed E-state index contributed by atoms with van der Waals surface area (Å²) < 4.78 is 25.6. The number of aliphatic hydroxyl groups is 1. The molecule has 0 amide bonds. The Morgan fingerprint density at radius 2 is 2.07 bits per heavy atom. The van der Waals surface area contributed by atoms with E-state index in [2.05, 4.69) is 0 Å². The second-order valence-corrected chi connectivity index (χ2v) is 3.38. The maximum absolute atomic E-state index is 13.1. The molecular weight excluding hydrogens is 186 g/mol. The highest BCUT2D eigenvalue weighted by Gasteiger charge is 2.09. The van der Waals surface area contributed by atoms with Crippen LogP contribution in [0.2, 0.25) is 0 Å². The lowest BCUT2D eigenvalue weighted by Gasteiger charge is -2.09. The van der Waals surface area contributed by atoms with Crippen LogP contribution >= 0.6 is 0 Å². The molecule has 1 nitrogen and oxygen atoms in total. The van der Waals surface area contributed by atoms with E-state index in [0.29, 0.717) is 12.0 Å². The van der Waals surface area contributed by atoms with E-state index in [0.717, 1.165) is 12.5 Å². The summed E-state index contributed by atoms with van der Waals surface area (Å²) in [5.41, 5.74) is 0.368. The number of aliphatic hydroxyl groups excluding tert-OH is 1. The molecular formula is C11H14F2O. The molecule has 1 atom stereocenters. The van der Waals surface area contributed by atoms with Crippen LogP contribution in [-0.2, 0) is 6.42 Å². The molecule has 0 aliphatic carbocycles. The maximum Gasteiger partial charge on any atom is 0.129 e. The monoisotopic (exact) mass is 200 g/mol. The standard InChI is InChI=1S/C11H14F2O/c1-2-3-10(14)6-8-4-5-9(12)7-11(8)13/h4-5,7,10,14H,2-3,6H2,1H3/t10-/m0/s1. The molecule has 0 aliphatic rings. The smallest absolute Gasteiger partial charge is 0.129 e. The van der Waals surface area contributed by atoms with Crippen molar-refractivity contribution in [1.29, 1.82) is 0 Å². The van der Waals surface area contributed by atoms with E-state index in [-0.39, 0.29) is 6.42 Å². The van der Waals surface area contributed by atoms with E-state index >= 15 is 0 Å². The molecule has 0 saturated carbocycles. The highest BCUT2D eigenvalue weighted by atomic mass is 19.1. The fraction of sp³-hybridized carbons (Fsp3) is 0.455. The Labute approximate surface area is 82.4 Å². The number of hydrogen-bond donors (Lipinski definition) is 1. The Balaban J connectivity index is 2.67. The van der Waals surface area contributed by atoms with Gasteiger partial charge in [-0.25, -0.2) is 8.78 Å². The molecule has 14 heavy (non-hydrogen) atoms.